The molecule has 1 unspecified atom stereocenters. The largest absolute Gasteiger partial charge is 0.469 e. The Hall–Kier alpha value is -1.42. The normalized spacial score (nSPS) is 12.2. The second kappa shape index (κ2) is 7.82. The van der Waals surface area contributed by atoms with Gasteiger partial charge in [-0.3, -0.25) is 4.79 Å². The Labute approximate surface area is 107 Å². The summed E-state index contributed by atoms with van der Waals surface area (Å²) in [6, 6.07) is 5.87. The van der Waals surface area contributed by atoms with Gasteiger partial charge in [0, 0.05) is 6.42 Å². The van der Waals surface area contributed by atoms with E-state index in [1.165, 1.54) is 19.2 Å². The van der Waals surface area contributed by atoms with Crippen molar-refractivity contribution in [1.29, 1.82) is 0 Å². The topological polar surface area (TPSA) is 46.5 Å². The first-order chi connectivity index (χ1) is 8.63. The molecule has 3 nitrogen and oxygen atoms in total. The molecule has 0 saturated heterocycles. The second-order valence-electron chi connectivity index (χ2n) is 4.24. The van der Waals surface area contributed by atoms with E-state index in [1.807, 2.05) is 0 Å². The lowest BCUT2D eigenvalue weighted by molar-refractivity contribution is -0.140. The van der Waals surface area contributed by atoms with Crippen molar-refractivity contribution in [2.45, 2.75) is 38.2 Å². The minimum atomic E-state index is -0.566. The Kier molecular flexibility index (Phi) is 6.36. The van der Waals surface area contributed by atoms with E-state index in [-0.39, 0.29) is 11.8 Å². The van der Waals surface area contributed by atoms with Crippen LogP contribution in [0, 0.1) is 5.82 Å². The molecule has 1 N–H and O–H groups in total. The van der Waals surface area contributed by atoms with E-state index in [0.717, 1.165) is 24.8 Å². The zero-order valence-corrected chi connectivity index (χ0v) is 10.6. The van der Waals surface area contributed by atoms with Crippen LogP contribution in [0.2, 0.25) is 0 Å². The first-order valence-corrected chi connectivity index (χ1v) is 6.14. The molecular weight excluding hydrogens is 235 g/mol. The van der Waals surface area contributed by atoms with Gasteiger partial charge in [0.05, 0.1) is 13.2 Å². The summed E-state index contributed by atoms with van der Waals surface area (Å²) in [5, 5.41) is 9.85. The number of methoxy groups -OCH3 is 1. The molecule has 1 aromatic carbocycles. The number of hydrogen-bond acceptors (Lipinski definition) is 3. The third kappa shape index (κ3) is 5.27. The van der Waals surface area contributed by atoms with Crippen molar-refractivity contribution >= 4 is 5.97 Å². The number of halogens is 1. The van der Waals surface area contributed by atoms with Crippen LogP contribution in [-0.2, 0) is 9.53 Å². The highest BCUT2D eigenvalue weighted by molar-refractivity contribution is 5.68. The summed E-state index contributed by atoms with van der Waals surface area (Å²) in [4.78, 5) is 10.9. The number of esters is 1. The van der Waals surface area contributed by atoms with Crippen LogP contribution >= 0.6 is 0 Å². The molecular formula is C14H19FO3. The van der Waals surface area contributed by atoms with Crippen LogP contribution in [0.5, 0.6) is 0 Å². The number of aliphatic hydroxyl groups is 1. The average Bonchev–Trinajstić information content (AvgIpc) is 2.38. The van der Waals surface area contributed by atoms with Gasteiger partial charge in [-0.05, 0) is 30.5 Å². The Bertz CT molecular complexity index is 362. The molecule has 1 atom stereocenters. The lowest BCUT2D eigenvalue weighted by atomic mass is 10.0. The molecule has 0 radical (unpaired) electrons. The van der Waals surface area contributed by atoms with Crippen molar-refractivity contribution in [3.8, 4) is 0 Å². The molecule has 0 aliphatic heterocycles. The third-order valence-electron chi connectivity index (χ3n) is 2.84. The van der Waals surface area contributed by atoms with Crippen LogP contribution in [0.15, 0.2) is 24.3 Å². The van der Waals surface area contributed by atoms with Gasteiger partial charge in [0.15, 0.2) is 0 Å². The molecule has 0 aliphatic carbocycles. The molecule has 0 aliphatic rings. The fraction of sp³-hybridized carbons (Fsp3) is 0.500. The fourth-order valence-electron chi connectivity index (χ4n) is 1.74. The number of carbonyl (C=O) groups is 1. The quantitative estimate of drug-likeness (QED) is 0.601. The molecule has 0 heterocycles. The molecule has 4 heteroatoms. The van der Waals surface area contributed by atoms with Crippen LogP contribution in [0.3, 0.4) is 0 Å². The molecule has 0 bridgehead atoms. The summed E-state index contributed by atoms with van der Waals surface area (Å²) in [5.74, 6) is -0.502. The van der Waals surface area contributed by atoms with Crippen molar-refractivity contribution in [1.82, 2.24) is 0 Å². The highest BCUT2D eigenvalue weighted by Crippen LogP contribution is 2.20. The Morgan fingerprint density at radius 2 is 1.94 bits per heavy atom. The maximum absolute atomic E-state index is 12.7. The summed E-state index contributed by atoms with van der Waals surface area (Å²) >= 11 is 0. The molecule has 0 amide bonds. The summed E-state index contributed by atoms with van der Waals surface area (Å²) in [7, 11) is 1.38. The van der Waals surface area contributed by atoms with Crippen molar-refractivity contribution in [2.75, 3.05) is 7.11 Å². The minimum absolute atomic E-state index is 0.200. The van der Waals surface area contributed by atoms with E-state index in [4.69, 9.17) is 0 Å². The number of aliphatic hydroxyl groups excluding tert-OH is 1. The highest BCUT2D eigenvalue weighted by atomic mass is 19.1. The van der Waals surface area contributed by atoms with Crippen LogP contribution in [0.4, 0.5) is 4.39 Å². The second-order valence-corrected chi connectivity index (χ2v) is 4.24. The lowest BCUT2D eigenvalue weighted by Gasteiger charge is -2.10. The van der Waals surface area contributed by atoms with E-state index in [0.29, 0.717) is 12.8 Å². The van der Waals surface area contributed by atoms with Gasteiger partial charge in [0.2, 0.25) is 0 Å². The van der Waals surface area contributed by atoms with Crippen LogP contribution < -0.4 is 0 Å². The first-order valence-electron chi connectivity index (χ1n) is 6.14. The van der Waals surface area contributed by atoms with Crippen LogP contribution in [0.1, 0.15) is 43.8 Å². The van der Waals surface area contributed by atoms with E-state index in [9.17, 15) is 14.3 Å². The number of unbranched alkanes of at least 4 members (excludes halogenated alkanes) is 2. The number of carbonyl (C=O) groups excluding carboxylic acids is 1. The lowest BCUT2D eigenvalue weighted by Crippen LogP contribution is -2.00. The standard InChI is InChI=1S/C14H19FO3/c1-18-14(17)6-4-2-3-5-13(16)11-7-9-12(15)10-8-11/h7-10,13,16H,2-6H2,1H3. The maximum Gasteiger partial charge on any atom is 0.305 e. The molecule has 0 fully saturated rings. The van der Waals surface area contributed by atoms with Gasteiger partial charge < -0.3 is 9.84 Å². The monoisotopic (exact) mass is 254 g/mol. The SMILES string of the molecule is COC(=O)CCCCCC(O)c1ccc(F)cc1. The Balaban J connectivity index is 2.19. The summed E-state index contributed by atoms with van der Waals surface area (Å²) in [6.07, 6.45) is 2.94. The van der Waals surface area contributed by atoms with Crippen LogP contribution in [0.25, 0.3) is 0 Å². The smallest absolute Gasteiger partial charge is 0.305 e. The minimum Gasteiger partial charge on any atom is -0.469 e. The molecule has 100 valence electrons. The maximum atomic E-state index is 12.7. The van der Waals surface area contributed by atoms with E-state index < -0.39 is 6.10 Å². The molecule has 0 saturated carbocycles. The molecule has 0 aromatic heterocycles. The van der Waals surface area contributed by atoms with Gasteiger partial charge in [-0.1, -0.05) is 25.0 Å². The zero-order valence-electron chi connectivity index (χ0n) is 10.6. The van der Waals surface area contributed by atoms with Crippen molar-refractivity contribution in [3.63, 3.8) is 0 Å². The van der Waals surface area contributed by atoms with Crippen molar-refractivity contribution in [3.05, 3.63) is 35.6 Å². The summed E-state index contributed by atoms with van der Waals surface area (Å²) < 4.78 is 17.2. The number of rotatable bonds is 7. The van der Waals surface area contributed by atoms with E-state index >= 15 is 0 Å². The zero-order chi connectivity index (χ0) is 13.4. The number of hydrogen-bond donors (Lipinski definition) is 1. The highest BCUT2D eigenvalue weighted by Gasteiger charge is 2.07. The van der Waals surface area contributed by atoms with Gasteiger partial charge in [-0.2, -0.15) is 0 Å². The van der Waals surface area contributed by atoms with Crippen molar-refractivity contribution in [2.24, 2.45) is 0 Å². The molecule has 1 aromatic rings. The molecule has 18 heavy (non-hydrogen) atoms. The predicted molar refractivity (Wildman–Crippen MR) is 66.5 cm³/mol. The van der Waals surface area contributed by atoms with Gasteiger partial charge in [-0.15, -0.1) is 0 Å². The summed E-state index contributed by atoms with van der Waals surface area (Å²) in [5.41, 5.74) is 0.726. The molecule has 1 rings (SSSR count). The fourth-order valence-corrected chi connectivity index (χ4v) is 1.74. The third-order valence-corrected chi connectivity index (χ3v) is 2.84. The van der Waals surface area contributed by atoms with Gasteiger partial charge >= 0.3 is 5.97 Å². The van der Waals surface area contributed by atoms with E-state index in [1.54, 1.807) is 12.1 Å². The number of ether oxygens (including phenoxy) is 1. The van der Waals surface area contributed by atoms with Gasteiger partial charge in [0.1, 0.15) is 5.82 Å². The Morgan fingerprint density at radius 3 is 2.56 bits per heavy atom. The Morgan fingerprint density at radius 1 is 1.28 bits per heavy atom. The number of benzene rings is 1. The van der Waals surface area contributed by atoms with Gasteiger partial charge in [-0.25, -0.2) is 4.39 Å². The average molecular weight is 254 g/mol. The molecule has 0 spiro atoms. The van der Waals surface area contributed by atoms with Crippen molar-refractivity contribution < 1.29 is 19.0 Å². The predicted octanol–water partition coefficient (Wildman–Crippen LogP) is 2.98. The summed E-state index contributed by atoms with van der Waals surface area (Å²) in [6.45, 7) is 0. The van der Waals surface area contributed by atoms with Crippen LogP contribution in [-0.4, -0.2) is 18.2 Å². The van der Waals surface area contributed by atoms with E-state index in [2.05, 4.69) is 4.74 Å². The van der Waals surface area contributed by atoms with Gasteiger partial charge in [0.25, 0.3) is 0 Å². The first kappa shape index (κ1) is 14.6.